The van der Waals surface area contributed by atoms with Gasteiger partial charge in [-0.2, -0.15) is 0 Å². The van der Waals surface area contributed by atoms with E-state index in [0.717, 1.165) is 37.4 Å². The summed E-state index contributed by atoms with van der Waals surface area (Å²) in [5, 5.41) is 4.17. The lowest BCUT2D eigenvalue weighted by Gasteiger charge is -2.14. The van der Waals surface area contributed by atoms with Crippen LogP contribution in [0.3, 0.4) is 0 Å². The fourth-order valence-electron chi connectivity index (χ4n) is 3.13. The summed E-state index contributed by atoms with van der Waals surface area (Å²) in [6, 6.07) is 7.54. The van der Waals surface area contributed by atoms with Crippen molar-refractivity contribution in [2.24, 2.45) is 5.92 Å². The van der Waals surface area contributed by atoms with Crippen LogP contribution in [0.4, 0.5) is 4.39 Å². The first-order chi connectivity index (χ1) is 11.3. The fourth-order valence-corrected chi connectivity index (χ4v) is 3.32. The van der Waals surface area contributed by atoms with E-state index in [2.05, 4.69) is 5.32 Å². The first-order valence-corrected chi connectivity index (χ1v) is 9.29. The Morgan fingerprint density at radius 2 is 2.13 bits per heavy atom. The average Bonchev–Trinajstić information content (AvgIpc) is 2.82. The number of nitrogens with one attached hydrogen (secondary N) is 1. The highest BCUT2D eigenvalue weighted by Gasteiger charge is 2.12. The number of halogens is 2. The molecule has 2 nitrogen and oxygen atoms in total. The predicted molar refractivity (Wildman–Crippen MR) is 94.7 cm³/mol. The van der Waals surface area contributed by atoms with Gasteiger partial charge < -0.3 is 10.1 Å². The van der Waals surface area contributed by atoms with Crippen molar-refractivity contribution >= 4 is 11.6 Å². The topological polar surface area (TPSA) is 21.3 Å². The number of rotatable bonds is 9. The highest BCUT2D eigenvalue weighted by Crippen LogP contribution is 2.19. The summed E-state index contributed by atoms with van der Waals surface area (Å²) in [5.74, 6) is 0.784. The monoisotopic (exact) mass is 341 g/mol. The average molecular weight is 342 g/mol. The van der Waals surface area contributed by atoms with Crippen LogP contribution in [0.15, 0.2) is 24.3 Å². The van der Waals surface area contributed by atoms with Gasteiger partial charge in [-0.15, -0.1) is 0 Å². The van der Waals surface area contributed by atoms with E-state index in [9.17, 15) is 4.39 Å². The van der Waals surface area contributed by atoms with Gasteiger partial charge in [0.2, 0.25) is 0 Å². The lowest BCUT2D eigenvalue weighted by atomic mass is 9.96. The molecule has 0 amide bonds. The Morgan fingerprint density at radius 3 is 3.00 bits per heavy atom. The Kier molecular flexibility index (Phi) is 8.95. The van der Waals surface area contributed by atoms with Gasteiger partial charge in [-0.05, 0) is 56.3 Å². The molecule has 0 saturated carbocycles. The number of hydrogen-bond acceptors (Lipinski definition) is 2. The number of unbranched alkanes of at least 4 members (excludes halogenated alkanes) is 1. The van der Waals surface area contributed by atoms with Gasteiger partial charge in [0, 0.05) is 5.02 Å². The fraction of sp³-hybridized carbons (Fsp3) is 0.684. The third-order valence-corrected chi connectivity index (χ3v) is 4.91. The van der Waals surface area contributed by atoms with Gasteiger partial charge in [0.05, 0.1) is 13.2 Å². The SMILES string of the molecule is FC(CCCCC1CCCCNC1)COCc1ccccc1Cl. The summed E-state index contributed by atoms with van der Waals surface area (Å²) in [7, 11) is 0. The minimum absolute atomic E-state index is 0.163. The molecule has 0 bridgehead atoms. The Morgan fingerprint density at radius 1 is 1.26 bits per heavy atom. The lowest BCUT2D eigenvalue weighted by molar-refractivity contribution is 0.0653. The molecule has 1 heterocycles. The molecule has 1 N–H and O–H groups in total. The Balaban J connectivity index is 1.51. The first-order valence-electron chi connectivity index (χ1n) is 8.91. The zero-order valence-electron chi connectivity index (χ0n) is 13.9. The third-order valence-electron chi connectivity index (χ3n) is 4.54. The largest absolute Gasteiger partial charge is 0.374 e. The summed E-state index contributed by atoms with van der Waals surface area (Å²) in [4.78, 5) is 0. The van der Waals surface area contributed by atoms with Crippen LogP contribution in [0.1, 0.15) is 50.5 Å². The first kappa shape index (κ1) is 18.7. The maximum absolute atomic E-state index is 13.9. The molecular weight excluding hydrogens is 313 g/mol. The van der Waals surface area contributed by atoms with Crippen molar-refractivity contribution in [3.63, 3.8) is 0 Å². The van der Waals surface area contributed by atoms with Gasteiger partial charge in [-0.25, -0.2) is 4.39 Å². The van der Waals surface area contributed by atoms with Crippen molar-refractivity contribution in [1.82, 2.24) is 5.32 Å². The summed E-state index contributed by atoms with van der Waals surface area (Å²) in [5.41, 5.74) is 0.919. The molecule has 0 aromatic heterocycles. The molecule has 2 rings (SSSR count). The van der Waals surface area contributed by atoms with Gasteiger partial charge in [0.1, 0.15) is 6.17 Å². The van der Waals surface area contributed by atoms with E-state index in [1.54, 1.807) is 0 Å². The highest BCUT2D eigenvalue weighted by atomic mass is 35.5. The molecule has 1 aliphatic heterocycles. The second-order valence-corrected chi connectivity index (χ2v) is 6.96. The van der Waals surface area contributed by atoms with E-state index in [1.807, 2.05) is 24.3 Å². The predicted octanol–water partition coefficient (Wildman–Crippen LogP) is 5.14. The molecule has 0 radical (unpaired) electrons. The van der Waals surface area contributed by atoms with Gasteiger partial charge in [0.25, 0.3) is 0 Å². The number of alkyl halides is 1. The Labute approximate surface area is 144 Å². The van der Waals surface area contributed by atoms with Gasteiger partial charge in [0.15, 0.2) is 0 Å². The molecule has 0 aliphatic carbocycles. The summed E-state index contributed by atoms with van der Waals surface area (Å²) >= 11 is 6.05. The second-order valence-electron chi connectivity index (χ2n) is 6.55. The van der Waals surface area contributed by atoms with E-state index >= 15 is 0 Å². The van der Waals surface area contributed by atoms with E-state index in [0.29, 0.717) is 18.1 Å². The van der Waals surface area contributed by atoms with Crippen molar-refractivity contribution < 1.29 is 9.13 Å². The maximum Gasteiger partial charge on any atom is 0.123 e. The molecule has 1 aromatic carbocycles. The molecule has 1 fully saturated rings. The quantitative estimate of drug-likeness (QED) is 0.627. The zero-order valence-corrected chi connectivity index (χ0v) is 14.7. The zero-order chi connectivity index (χ0) is 16.3. The molecule has 130 valence electrons. The van der Waals surface area contributed by atoms with E-state index in [4.69, 9.17) is 16.3 Å². The van der Waals surface area contributed by atoms with Crippen molar-refractivity contribution in [3.8, 4) is 0 Å². The summed E-state index contributed by atoms with van der Waals surface area (Å²) in [6.07, 6.45) is 6.98. The van der Waals surface area contributed by atoms with Gasteiger partial charge in [-0.1, -0.05) is 49.1 Å². The van der Waals surface area contributed by atoms with Crippen LogP contribution in [0, 0.1) is 5.92 Å². The standard InChI is InChI=1S/C19H29ClFNO/c20-19-11-4-2-9-17(19)14-23-15-18(21)10-3-1-7-16-8-5-6-12-22-13-16/h2,4,9,11,16,18,22H,1,3,5-8,10,12-15H2. The van der Waals surface area contributed by atoms with Crippen molar-refractivity contribution in [3.05, 3.63) is 34.9 Å². The Bertz CT molecular complexity index is 435. The van der Waals surface area contributed by atoms with E-state index in [1.165, 1.54) is 25.7 Å². The van der Waals surface area contributed by atoms with Crippen molar-refractivity contribution in [2.75, 3.05) is 19.7 Å². The smallest absolute Gasteiger partial charge is 0.123 e. The summed E-state index contributed by atoms with van der Waals surface area (Å²) < 4.78 is 19.3. The molecule has 1 aliphatic rings. The van der Waals surface area contributed by atoms with Crippen LogP contribution >= 0.6 is 11.6 Å². The number of ether oxygens (including phenoxy) is 1. The van der Waals surface area contributed by atoms with Crippen LogP contribution < -0.4 is 5.32 Å². The molecule has 4 heteroatoms. The van der Waals surface area contributed by atoms with Gasteiger partial charge in [-0.3, -0.25) is 0 Å². The molecular formula is C19H29ClFNO. The van der Waals surface area contributed by atoms with Crippen LogP contribution in [0.25, 0.3) is 0 Å². The molecule has 2 unspecified atom stereocenters. The van der Waals surface area contributed by atoms with E-state index in [-0.39, 0.29) is 6.61 Å². The minimum Gasteiger partial charge on any atom is -0.374 e. The lowest BCUT2D eigenvalue weighted by Crippen LogP contribution is -2.20. The normalized spacial score (nSPS) is 20.2. The second kappa shape index (κ2) is 11.0. The molecule has 2 atom stereocenters. The van der Waals surface area contributed by atoms with Crippen LogP contribution in [0.5, 0.6) is 0 Å². The molecule has 0 spiro atoms. The minimum atomic E-state index is -0.871. The van der Waals surface area contributed by atoms with E-state index < -0.39 is 6.17 Å². The molecule has 1 aromatic rings. The summed E-state index contributed by atoms with van der Waals surface area (Å²) in [6.45, 7) is 2.84. The highest BCUT2D eigenvalue weighted by molar-refractivity contribution is 6.31. The maximum atomic E-state index is 13.9. The number of hydrogen-bond donors (Lipinski definition) is 1. The Hall–Kier alpha value is -0.640. The van der Waals surface area contributed by atoms with Gasteiger partial charge >= 0.3 is 0 Å². The van der Waals surface area contributed by atoms with Crippen LogP contribution in [0.2, 0.25) is 5.02 Å². The van der Waals surface area contributed by atoms with Crippen molar-refractivity contribution in [1.29, 1.82) is 0 Å². The van der Waals surface area contributed by atoms with Crippen LogP contribution in [-0.4, -0.2) is 25.9 Å². The van der Waals surface area contributed by atoms with Crippen LogP contribution in [-0.2, 0) is 11.3 Å². The molecule has 1 saturated heterocycles. The molecule has 23 heavy (non-hydrogen) atoms. The third kappa shape index (κ3) is 7.65. The number of benzene rings is 1. The van der Waals surface area contributed by atoms with Crippen molar-refractivity contribution in [2.45, 2.75) is 57.7 Å².